The van der Waals surface area contributed by atoms with E-state index in [1.807, 2.05) is 56.5 Å². The third-order valence-corrected chi connectivity index (χ3v) is 21.0. The molecule has 2 saturated heterocycles. The number of aromatic nitrogens is 1. The number of nitrogens with two attached hydrogens (primary N) is 1. The van der Waals surface area contributed by atoms with Crippen LogP contribution in [0.5, 0.6) is 0 Å². The second-order valence-corrected chi connectivity index (χ2v) is 29.8. The third-order valence-electron chi connectivity index (χ3n) is 19.1. The van der Waals surface area contributed by atoms with Crippen molar-refractivity contribution in [2.75, 3.05) is 78.2 Å². The lowest BCUT2D eigenvalue weighted by Gasteiger charge is -2.41. The number of hydrogen-bond donors (Lipinski definition) is 7. The molecule has 1 aromatic heterocycles. The number of rotatable bonds is 40. The van der Waals surface area contributed by atoms with Crippen LogP contribution in [-0.4, -0.2) is 227 Å². The minimum absolute atomic E-state index is 0.00203. The van der Waals surface area contributed by atoms with E-state index >= 15 is 0 Å². The van der Waals surface area contributed by atoms with Gasteiger partial charge in [0.25, 0.3) is 0 Å². The lowest BCUT2D eigenvalue weighted by molar-refractivity contribution is -0.156. The SMILES string of the molecule is C=CC(=O)N1CN(C(=O)CC)CN(C(=O)CCSCC(=O)N[C@H](C(=O)N[C@@H](CCCNC(N)=O)C(=O)Nc2ccc(COC(=O)N(C)[C@H](C(=O)N[C@H](C(=O)N(C)[C@@H]([C@@H](C)CC)[C@@H](CC(=O)N3CCC[C@H]3[C@H](OC)[C@@H](C)C(=O)N[C@@H](Cc3ccccc3)c3nccs3)OC)C(C)C)C(C)C)cc2)C(C)C)C1. The first-order valence-corrected chi connectivity index (χ1v) is 38.1. The van der Waals surface area contributed by atoms with Gasteiger partial charge in [0.15, 0.2) is 0 Å². The standard InChI is InChI=1S/C74H112N14O15S2/c1-16-48(10)65(56(101-14)39-61(93)88-35-23-27-55(88)66(102-15)49(11)67(94)80-54(71-76-34-37-105-71)38-50-24-20-19-21-25-50)83(12)72(98)63(46(6)7)82-70(97)64(47(8)9)84(13)74(100)103-40-51-28-30-52(31-29-51)78-68(95)53(26-22-33-77-73(75)99)79-69(96)62(45(4)5)81-57(89)41-104-36-32-60(92)87-43-85(58(90)17-2)42-86(44-87)59(91)18-3/h17,19-21,24-25,28-31,34,37,45-49,53-56,62-66H,2,16,18,22-23,26-27,32-33,35-36,38-44H2,1,3-15H3,(H,78,95)(H,79,96)(H,80,94)(H,81,89)(H,82,97)(H3,75,77,99)/t48-,49+,53-,54-,55-,56+,62-,63-,64-,65-,66+/m0/s1. The monoisotopic (exact) mass is 1500 g/mol. The molecule has 0 saturated carbocycles. The number of likely N-dealkylation sites (N-methyl/N-ethyl adjacent to an activating group) is 2. The zero-order valence-electron chi connectivity index (χ0n) is 63.4. The maximum atomic E-state index is 14.9. The van der Waals surface area contributed by atoms with E-state index in [4.69, 9.17) is 19.9 Å². The number of anilines is 1. The van der Waals surface area contributed by atoms with Crippen LogP contribution in [0.1, 0.15) is 143 Å². The van der Waals surface area contributed by atoms with Crippen LogP contribution in [0.15, 0.2) is 78.8 Å². The molecular formula is C74H112N14O15S2. The number of benzene rings is 2. The van der Waals surface area contributed by atoms with Gasteiger partial charge < -0.3 is 76.3 Å². The highest BCUT2D eigenvalue weighted by atomic mass is 32.2. The molecule has 0 unspecified atom stereocenters. The summed E-state index contributed by atoms with van der Waals surface area (Å²) in [6.07, 6.45) is 3.43. The van der Waals surface area contributed by atoms with Crippen molar-refractivity contribution >= 4 is 100.0 Å². The van der Waals surface area contributed by atoms with Crippen molar-refractivity contribution in [3.05, 3.63) is 95.0 Å². The summed E-state index contributed by atoms with van der Waals surface area (Å²) in [5.74, 6) is -6.25. The van der Waals surface area contributed by atoms with Gasteiger partial charge in [0, 0.05) is 77.3 Å². The summed E-state index contributed by atoms with van der Waals surface area (Å²) in [6, 6.07) is 9.62. The van der Waals surface area contributed by atoms with Crippen LogP contribution in [0.2, 0.25) is 0 Å². The molecule has 2 aliphatic rings. The molecule has 0 bridgehead atoms. The number of hydrogen-bond acceptors (Lipinski definition) is 18. The molecule has 29 nitrogen and oxygen atoms in total. The summed E-state index contributed by atoms with van der Waals surface area (Å²) in [6.45, 7) is 21.9. The second-order valence-electron chi connectivity index (χ2n) is 27.8. The van der Waals surface area contributed by atoms with Gasteiger partial charge in [-0.15, -0.1) is 11.3 Å². The van der Waals surface area contributed by atoms with Crippen LogP contribution in [0, 0.1) is 29.6 Å². The number of ether oxygens (including phenoxy) is 3. The Hall–Kier alpha value is -8.68. The highest BCUT2D eigenvalue weighted by Gasteiger charge is 2.44. The zero-order valence-corrected chi connectivity index (χ0v) is 65.0. The second kappa shape index (κ2) is 43.1. The molecule has 105 heavy (non-hydrogen) atoms. The summed E-state index contributed by atoms with van der Waals surface area (Å²) in [7, 11) is 6.14. The molecule has 2 aliphatic heterocycles. The first-order valence-electron chi connectivity index (χ1n) is 36.0. The summed E-state index contributed by atoms with van der Waals surface area (Å²) in [5.41, 5.74) is 7.15. The first-order chi connectivity index (χ1) is 49.9. The fourth-order valence-electron chi connectivity index (χ4n) is 13.1. The van der Waals surface area contributed by atoms with E-state index in [-0.39, 0.29) is 112 Å². The third kappa shape index (κ3) is 25.8. The van der Waals surface area contributed by atoms with E-state index in [2.05, 4.69) is 43.5 Å². The van der Waals surface area contributed by atoms with Crippen LogP contribution < -0.4 is 37.6 Å². The number of primary amides is 1. The molecule has 580 valence electrons. The number of urea groups is 1. The molecule has 0 aliphatic carbocycles. The Kier molecular flexibility index (Phi) is 35.7. The molecule has 8 N–H and O–H groups in total. The molecule has 11 atom stereocenters. The van der Waals surface area contributed by atoms with Crippen LogP contribution in [-0.2, 0) is 75.2 Å². The summed E-state index contributed by atoms with van der Waals surface area (Å²) in [4.78, 5) is 176. The average Bonchev–Trinajstić information content (AvgIpc) is 1.80. The van der Waals surface area contributed by atoms with E-state index in [0.717, 1.165) is 28.4 Å². The smallest absolute Gasteiger partial charge is 0.410 e. The van der Waals surface area contributed by atoms with Gasteiger partial charge in [0.2, 0.25) is 59.1 Å². The minimum atomic E-state index is -1.16. The van der Waals surface area contributed by atoms with Crippen molar-refractivity contribution in [3.8, 4) is 0 Å². The van der Waals surface area contributed by atoms with Crippen molar-refractivity contribution < 1.29 is 71.7 Å². The van der Waals surface area contributed by atoms with E-state index in [9.17, 15) is 57.5 Å². The molecule has 2 fully saturated rings. The Bertz CT molecular complexity index is 3390. The minimum Gasteiger partial charge on any atom is -0.445 e. The summed E-state index contributed by atoms with van der Waals surface area (Å²) < 4.78 is 17.9. The number of likely N-dealkylation sites (tertiary alicyclic amines) is 1. The quantitative estimate of drug-likeness (QED) is 0.0253. The molecule has 3 aromatic rings. The Balaban J connectivity index is 1.17. The number of methoxy groups -OCH3 is 2. The predicted octanol–water partition coefficient (Wildman–Crippen LogP) is 6.00. The number of thioether (sulfide) groups is 1. The summed E-state index contributed by atoms with van der Waals surface area (Å²) >= 11 is 2.62. The largest absolute Gasteiger partial charge is 0.445 e. The van der Waals surface area contributed by atoms with Gasteiger partial charge in [-0.25, -0.2) is 14.6 Å². The normalized spacial score (nSPS) is 16.6. The molecular weight excluding hydrogens is 1390 g/mol. The molecule has 3 heterocycles. The van der Waals surface area contributed by atoms with Crippen molar-refractivity contribution in [1.29, 1.82) is 0 Å². The Morgan fingerprint density at radius 3 is 1.98 bits per heavy atom. The topological polar surface area (TPSA) is 363 Å². The van der Waals surface area contributed by atoms with Crippen LogP contribution >= 0.6 is 23.1 Å². The van der Waals surface area contributed by atoms with Gasteiger partial charge in [0.1, 0.15) is 35.8 Å². The van der Waals surface area contributed by atoms with Gasteiger partial charge in [-0.2, -0.15) is 11.8 Å². The molecule has 0 spiro atoms. The first kappa shape index (κ1) is 87.0. The van der Waals surface area contributed by atoms with Crippen LogP contribution in [0.25, 0.3) is 0 Å². The Morgan fingerprint density at radius 2 is 1.40 bits per heavy atom. The predicted molar refractivity (Wildman–Crippen MR) is 401 cm³/mol. The highest BCUT2D eigenvalue weighted by molar-refractivity contribution is 7.99. The van der Waals surface area contributed by atoms with E-state index in [0.29, 0.717) is 43.5 Å². The van der Waals surface area contributed by atoms with Gasteiger partial charge in [-0.1, -0.05) is 125 Å². The zero-order chi connectivity index (χ0) is 77.8. The van der Waals surface area contributed by atoms with Crippen LogP contribution in [0.4, 0.5) is 15.3 Å². The highest BCUT2D eigenvalue weighted by Crippen LogP contribution is 2.31. The maximum absolute atomic E-state index is 14.9. The average molecular weight is 1500 g/mol. The molecule has 0 radical (unpaired) electrons. The van der Waals surface area contributed by atoms with Crippen molar-refractivity contribution in [2.24, 2.45) is 35.3 Å². The lowest BCUT2D eigenvalue weighted by Crippen LogP contribution is -2.60. The van der Waals surface area contributed by atoms with Crippen molar-refractivity contribution in [3.63, 3.8) is 0 Å². The molecule has 31 heteroatoms. The lowest BCUT2D eigenvalue weighted by atomic mass is 9.89. The van der Waals surface area contributed by atoms with E-state index < -0.39 is 120 Å². The van der Waals surface area contributed by atoms with Gasteiger partial charge in [0.05, 0.1) is 68.4 Å². The number of carbonyl (C=O) groups excluding carboxylic acids is 12. The number of carbonyl (C=O) groups is 12. The number of nitrogens with one attached hydrogen (secondary N) is 6. The van der Waals surface area contributed by atoms with Gasteiger partial charge in [-0.3, -0.25) is 52.8 Å². The maximum Gasteiger partial charge on any atom is 0.410 e. The van der Waals surface area contributed by atoms with Crippen LogP contribution in [0.3, 0.4) is 0 Å². The molecule has 5 rings (SSSR count). The van der Waals surface area contributed by atoms with Gasteiger partial charge in [-0.05, 0) is 85.1 Å². The Labute approximate surface area is 626 Å². The number of nitrogens with zero attached hydrogens (tertiary/aromatic N) is 7. The van der Waals surface area contributed by atoms with E-state index in [1.165, 1.54) is 45.1 Å². The Morgan fingerprint density at radius 1 is 0.743 bits per heavy atom. The molecule has 2 aromatic carbocycles. The van der Waals surface area contributed by atoms with Gasteiger partial charge >= 0.3 is 12.1 Å². The van der Waals surface area contributed by atoms with Crippen molar-refractivity contribution in [1.82, 2.24) is 61.0 Å². The number of thiazole rings is 1. The fraction of sp³-hybridized carbons (Fsp3) is 0.608. The molecule has 13 amide bonds. The number of amides is 13. The summed E-state index contributed by atoms with van der Waals surface area (Å²) in [5, 5.41) is 19.6. The van der Waals surface area contributed by atoms with Crippen molar-refractivity contribution in [2.45, 2.75) is 188 Å². The van der Waals surface area contributed by atoms with E-state index in [1.54, 1.807) is 103 Å². The fourth-order valence-corrected chi connectivity index (χ4v) is 14.5.